The molecule has 1 rings (SSSR count). The fraction of sp³-hybridized carbons (Fsp3) is 0.750. The van der Waals surface area contributed by atoms with Gasteiger partial charge >= 0.3 is 0 Å². The third kappa shape index (κ3) is 0.836. The van der Waals surface area contributed by atoms with Gasteiger partial charge in [-0.1, -0.05) is 0 Å². The average molecular weight is 116 g/mol. The molecule has 0 aromatic heterocycles. The molecule has 40 valence electrons. The van der Waals surface area contributed by atoms with Crippen LogP contribution in [0.5, 0.6) is 0 Å². The number of carbonyl (C=O) groups is 1. The predicted octanol–water partition coefficient (Wildman–Crippen LogP) is -1.73. The lowest BCUT2D eigenvalue weighted by atomic mass is 9.35. The van der Waals surface area contributed by atoms with Gasteiger partial charge in [-0.25, -0.2) is 0 Å². The molecule has 6 radical (unpaired) electrons. The standard InChI is InChI=1S/C4H3B3O2/c5-3(6)1-4(7,9)2(3)8/h9H,1H2. The van der Waals surface area contributed by atoms with Gasteiger partial charge in [0.15, 0.2) is 0 Å². The molecular weight excluding hydrogens is 112 g/mol. The third-order valence-corrected chi connectivity index (χ3v) is 1.38. The van der Waals surface area contributed by atoms with Gasteiger partial charge in [0.2, 0.25) is 0 Å². The monoisotopic (exact) mass is 116 g/mol. The van der Waals surface area contributed by atoms with Crippen LogP contribution in [0.25, 0.3) is 0 Å². The summed E-state index contributed by atoms with van der Waals surface area (Å²) < 4.78 is 0. The molecule has 0 saturated heterocycles. The van der Waals surface area contributed by atoms with E-state index in [1.54, 1.807) is 0 Å². The van der Waals surface area contributed by atoms with Crippen molar-refractivity contribution in [1.82, 2.24) is 0 Å². The van der Waals surface area contributed by atoms with E-state index in [2.05, 4.69) is 0 Å². The molecule has 0 amide bonds. The van der Waals surface area contributed by atoms with E-state index < -0.39 is 16.5 Å². The van der Waals surface area contributed by atoms with Gasteiger partial charge in [-0.05, 0) is 11.6 Å². The largest absolute Gasteiger partial charge is 0.392 e. The highest BCUT2D eigenvalue weighted by Gasteiger charge is 2.52. The second kappa shape index (κ2) is 1.46. The van der Waals surface area contributed by atoms with Crippen molar-refractivity contribution in [2.45, 2.75) is 17.1 Å². The summed E-state index contributed by atoms with van der Waals surface area (Å²) in [4.78, 5) is 10.6. The first kappa shape index (κ1) is 6.94. The Bertz CT molecular complexity index is 147. The summed E-state index contributed by atoms with van der Waals surface area (Å²) in [5.41, 5.74) is -1.77. The van der Waals surface area contributed by atoms with Gasteiger partial charge in [0.1, 0.15) is 13.6 Å². The lowest BCUT2D eigenvalue weighted by molar-refractivity contribution is -0.141. The number of carbonyl (C=O) groups excluding carboxylic acids is 1. The summed E-state index contributed by atoms with van der Waals surface area (Å²) >= 11 is 0. The Balaban J connectivity index is 2.74. The van der Waals surface area contributed by atoms with E-state index in [0.717, 1.165) is 0 Å². The summed E-state index contributed by atoms with van der Waals surface area (Å²) in [6.07, 6.45) is -0.0706. The quantitative estimate of drug-likeness (QED) is 0.381. The number of aliphatic hydroxyl groups is 1. The van der Waals surface area contributed by atoms with E-state index >= 15 is 0 Å². The van der Waals surface area contributed by atoms with Crippen molar-refractivity contribution < 1.29 is 9.90 Å². The topological polar surface area (TPSA) is 37.3 Å². The zero-order valence-electron chi connectivity index (χ0n) is 4.79. The van der Waals surface area contributed by atoms with Crippen LogP contribution in [-0.2, 0) is 4.79 Å². The Morgan fingerprint density at radius 3 is 1.89 bits per heavy atom. The van der Waals surface area contributed by atoms with Crippen LogP contribution in [0.1, 0.15) is 6.42 Å². The van der Waals surface area contributed by atoms with E-state index in [9.17, 15) is 4.79 Å². The van der Waals surface area contributed by atoms with Crippen molar-refractivity contribution in [2.24, 2.45) is 0 Å². The van der Waals surface area contributed by atoms with Crippen LogP contribution >= 0.6 is 0 Å². The molecule has 0 aromatic carbocycles. The first-order chi connectivity index (χ1) is 3.86. The molecule has 5 heteroatoms. The fourth-order valence-electron chi connectivity index (χ4n) is 0.903. The smallest absolute Gasteiger partial charge is 0.144 e. The maximum Gasteiger partial charge on any atom is 0.144 e. The highest BCUT2D eigenvalue weighted by molar-refractivity contribution is 6.58. The first-order valence-corrected chi connectivity index (χ1v) is 2.50. The second-order valence-electron chi connectivity index (χ2n) is 2.47. The SMILES string of the molecule is [B]C1([B])CC([B])(O)C1=O. The second-order valence-corrected chi connectivity index (χ2v) is 2.47. The molecule has 1 fully saturated rings. The summed E-state index contributed by atoms with van der Waals surface area (Å²) in [6.45, 7) is 0. The van der Waals surface area contributed by atoms with Crippen LogP contribution in [0.4, 0.5) is 0 Å². The Kier molecular flexibility index (Phi) is 1.12. The molecule has 0 aromatic rings. The van der Waals surface area contributed by atoms with Gasteiger partial charge in [0, 0.05) is 0 Å². The van der Waals surface area contributed by atoms with E-state index in [1.165, 1.54) is 0 Å². The average Bonchev–Trinajstić information content (AvgIpc) is 1.63. The minimum absolute atomic E-state index is 0.0706. The highest BCUT2D eigenvalue weighted by atomic mass is 16.3. The first-order valence-electron chi connectivity index (χ1n) is 2.50. The van der Waals surface area contributed by atoms with Crippen LogP contribution in [0.2, 0.25) is 5.21 Å². The minimum Gasteiger partial charge on any atom is -0.392 e. The lowest BCUT2D eigenvalue weighted by Gasteiger charge is -2.47. The van der Waals surface area contributed by atoms with Gasteiger partial charge < -0.3 is 5.11 Å². The highest BCUT2D eigenvalue weighted by Crippen LogP contribution is 2.43. The molecule has 1 N–H and O–H groups in total. The molecule has 0 aliphatic heterocycles. The third-order valence-electron chi connectivity index (χ3n) is 1.38. The molecule has 9 heavy (non-hydrogen) atoms. The summed E-state index contributed by atoms with van der Waals surface area (Å²) in [6, 6.07) is 0. The van der Waals surface area contributed by atoms with Crippen LogP contribution in [0.15, 0.2) is 0 Å². The van der Waals surface area contributed by atoms with Crippen molar-refractivity contribution in [3.63, 3.8) is 0 Å². The molecule has 1 aliphatic rings. The van der Waals surface area contributed by atoms with Crippen molar-refractivity contribution in [2.75, 3.05) is 0 Å². The molecule has 1 unspecified atom stereocenters. The molecule has 1 aliphatic carbocycles. The van der Waals surface area contributed by atoms with Crippen molar-refractivity contribution in [3.8, 4) is 0 Å². The number of ketones is 1. The van der Waals surface area contributed by atoms with Gasteiger partial charge in [0.05, 0.1) is 21.2 Å². The van der Waals surface area contributed by atoms with Gasteiger partial charge in [0.25, 0.3) is 0 Å². The predicted molar refractivity (Wildman–Crippen MR) is 34.5 cm³/mol. The summed E-state index contributed by atoms with van der Waals surface area (Å²) in [5.74, 6) is -0.699. The van der Waals surface area contributed by atoms with Crippen LogP contribution < -0.4 is 0 Å². The maximum absolute atomic E-state index is 10.6. The van der Waals surface area contributed by atoms with Crippen molar-refractivity contribution in [3.05, 3.63) is 0 Å². The molecule has 0 bridgehead atoms. The normalized spacial score (nSPS) is 39.9. The summed E-state index contributed by atoms with van der Waals surface area (Å²) in [7, 11) is 15.2. The maximum atomic E-state index is 10.6. The number of hydrogen-bond donors (Lipinski definition) is 1. The van der Waals surface area contributed by atoms with E-state index in [-0.39, 0.29) is 6.42 Å². The van der Waals surface area contributed by atoms with Crippen LogP contribution in [-0.4, -0.2) is 39.9 Å². The zero-order chi connectivity index (χ0) is 7.28. The molecule has 0 heterocycles. The molecule has 1 saturated carbocycles. The molecular formula is C4H3B3O2. The molecule has 1 atom stereocenters. The Morgan fingerprint density at radius 2 is 1.89 bits per heavy atom. The van der Waals surface area contributed by atoms with E-state index in [1.807, 2.05) is 0 Å². The van der Waals surface area contributed by atoms with Crippen molar-refractivity contribution in [1.29, 1.82) is 0 Å². The molecule has 2 nitrogen and oxygen atoms in total. The van der Waals surface area contributed by atoms with E-state index in [0.29, 0.717) is 0 Å². The number of Topliss-reactive ketones (excluding diaryl/α,β-unsaturated/α-hetero) is 1. The van der Waals surface area contributed by atoms with Crippen LogP contribution in [0, 0.1) is 0 Å². The Hall–Kier alpha value is -0.175. The number of hydrogen-bond acceptors (Lipinski definition) is 2. The fourth-order valence-corrected chi connectivity index (χ4v) is 0.903. The van der Waals surface area contributed by atoms with Gasteiger partial charge in [-0.3, -0.25) is 4.79 Å². The zero-order valence-corrected chi connectivity index (χ0v) is 4.79. The van der Waals surface area contributed by atoms with Gasteiger partial charge in [-0.2, -0.15) is 0 Å². The van der Waals surface area contributed by atoms with Crippen molar-refractivity contribution >= 4 is 29.3 Å². The van der Waals surface area contributed by atoms with E-state index in [4.69, 9.17) is 28.6 Å². The number of rotatable bonds is 0. The summed E-state index contributed by atoms with van der Waals surface area (Å²) in [5, 5.41) is 7.39. The Labute approximate surface area is 57.2 Å². The Morgan fingerprint density at radius 1 is 1.44 bits per heavy atom. The molecule has 0 spiro atoms. The van der Waals surface area contributed by atoms with Crippen LogP contribution in [0.3, 0.4) is 0 Å². The van der Waals surface area contributed by atoms with Gasteiger partial charge in [-0.15, -0.1) is 0 Å². The minimum atomic E-state index is -1.77. The lowest BCUT2D eigenvalue weighted by Crippen LogP contribution is -2.59.